The molecule has 7 nitrogen and oxygen atoms in total. The fraction of sp³-hybridized carbons (Fsp3) is 0.750. The summed E-state index contributed by atoms with van der Waals surface area (Å²) in [6, 6.07) is -1.51. The molecule has 0 aromatic rings. The van der Waals surface area contributed by atoms with Crippen molar-refractivity contribution in [3.05, 3.63) is 0 Å². The van der Waals surface area contributed by atoms with Crippen LogP contribution in [-0.2, 0) is 9.59 Å². The second-order valence-electron chi connectivity index (χ2n) is 4.80. The summed E-state index contributed by atoms with van der Waals surface area (Å²) in [7, 11) is 1.44. The molecule has 0 aliphatic rings. The lowest BCUT2D eigenvalue weighted by Gasteiger charge is -2.20. The van der Waals surface area contributed by atoms with E-state index in [4.69, 9.17) is 5.11 Å². The van der Waals surface area contributed by atoms with Gasteiger partial charge in [-0.1, -0.05) is 20.8 Å². The van der Waals surface area contributed by atoms with E-state index in [0.29, 0.717) is 12.5 Å². The summed E-state index contributed by atoms with van der Waals surface area (Å²) in [5.74, 6) is -1.03. The third-order valence-electron chi connectivity index (χ3n) is 2.44. The summed E-state index contributed by atoms with van der Waals surface area (Å²) >= 11 is 0. The SMILES string of the molecule is CC[C@H](NC(=O)N(C)CC(=O)NCC(C)C)C(=O)O. The van der Waals surface area contributed by atoms with E-state index in [1.54, 1.807) is 6.92 Å². The summed E-state index contributed by atoms with van der Waals surface area (Å²) in [4.78, 5) is 35.1. The van der Waals surface area contributed by atoms with Crippen molar-refractivity contribution in [2.75, 3.05) is 20.1 Å². The van der Waals surface area contributed by atoms with Gasteiger partial charge >= 0.3 is 12.0 Å². The molecule has 19 heavy (non-hydrogen) atoms. The summed E-state index contributed by atoms with van der Waals surface area (Å²) in [5, 5.41) is 13.8. The smallest absolute Gasteiger partial charge is 0.326 e. The molecule has 1 atom stereocenters. The standard InChI is InChI=1S/C12H23N3O4/c1-5-9(11(17)18)14-12(19)15(4)7-10(16)13-6-8(2)3/h8-9H,5-7H2,1-4H3,(H,13,16)(H,14,19)(H,17,18)/t9-/m0/s1. The molecule has 0 aliphatic heterocycles. The number of nitrogens with zero attached hydrogens (tertiary/aromatic N) is 1. The van der Waals surface area contributed by atoms with Crippen LogP contribution < -0.4 is 10.6 Å². The topological polar surface area (TPSA) is 98.7 Å². The predicted molar refractivity (Wildman–Crippen MR) is 70.7 cm³/mol. The molecule has 3 N–H and O–H groups in total. The molecule has 0 saturated heterocycles. The lowest BCUT2D eigenvalue weighted by Crippen LogP contribution is -2.49. The van der Waals surface area contributed by atoms with Crippen molar-refractivity contribution < 1.29 is 19.5 Å². The van der Waals surface area contributed by atoms with E-state index >= 15 is 0 Å². The summed E-state index contributed by atoms with van der Waals surface area (Å²) in [6.45, 7) is 6.04. The molecule has 0 aliphatic carbocycles. The van der Waals surface area contributed by atoms with Gasteiger partial charge in [-0.3, -0.25) is 4.79 Å². The number of urea groups is 1. The summed E-state index contributed by atoms with van der Waals surface area (Å²) < 4.78 is 0. The second kappa shape index (κ2) is 8.34. The van der Waals surface area contributed by atoms with E-state index in [2.05, 4.69) is 10.6 Å². The van der Waals surface area contributed by atoms with Crippen LogP contribution in [0.15, 0.2) is 0 Å². The highest BCUT2D eigenvalue weighted by atomic mass is 16.4. The van der Waals surface area contributed by atoms with Crippen LogP contribution >= 0.6 is 0 Å². The maximum atomic E-state index is 11.7. The second-order valence-corrected chi connectivity index (χ2v) is 4.80. The van der Waals surface area contributed by atoms with E-state index < -0.39 is 18.0 Å². The first-order valence-corrected chi connectivity index (χ1v) is 6.29. The van der Waals surface area contributed by atoms with Crippen LogP contribution in [0.4, 0.5) is 4.79 Å². The molecule has 0 saturated carbocycles. The minimum atomic E-state index is -1.09. The summed E-state index contributed by atoms with van der Waals surface area (Å²) in [5.41, 5.74) is 0. The first-order chi connectivity index (χ1) is 8.77. The van der Waals surface area contributed by atoms with Gasteiger partial charge in [-0.25, -0.2) is 9.59 Å². The number of hydrogen-bond donors (Lipinski definition) is 3. The van der Waals surface area contributed by atoms with E-state index in [0.717, 1.165) is 4.90 Å². The Morgan fingerprint density at radius 3 is 2.26 bits per heavy atom. The minimum absolute atomic E-state index is 0.103. The Kier molecular flexibility index (Phi) is 7.55. The zero-order chi connectivity index (χ0) is 15.0. The number of likely N-dealkylation sites (N-methyl/N-ethyl adjacent to an activating group) is 1. The Morgan fingerprint density at radius 1 is 1.26 bits per heavy atom. The molecular weight excluding hydrogens is 250 g/mol. The fourth-order valence-corrected chi connectivity index (χ4v) is 1.26. The van der Waals surface area contributed by atoms with Crippen molar-refractivity contribution >= 4 is 17.9 Å². The van der Waals surface area contributed by atoms with Crippen molar-refractivity contribution in [1.29, 1.82) is 0 Å². The molecule has 0 radical (unpaired) electrons. The lowest BCUT2D eigenvalue weighted by atomic mass is 10.2. The third-order valence-corrected chi connectivity index (χ3v) is 2.44. The van der Waals surface area contributed by atoms with Crippen molar-refractivity contribution in [1.82, 2.24) is 15.5 Å². The van der Waals surface area contributed by atoms with Crippen LogP contribution in [-0.4, -0.2) is 54.1 Å². The van der Waals surface area contributed by atoms with Crippen LogP contribution in [0.3, 0.4) is 0 Å². The molecular formula is C12H23N3O4. The minimum Gasteiger partial charge on any atom is -0.480 e. The van der Waals surface area contributed by atoms with Crippen LogP contribution in [0.1, 0.15) is 27.2 Å². The maximum absolute atomic E-state index is 11.7. The highest BCUT2D eigenvalue weighted by molar-refractivity contribution is 5.86. The van der Waals surface area contributed by atoms with Gasteiger partial charge in [0.2, 0.25) is 5.91 Å². The van der Waals surface area contributed by atoms with Gasteiger partial charge < -0.3 is 20.6 Å². The lowest BCUT2D eigenvalue weighted by molar-refractivity contribution is -0.139. The Balaban J connectivity index is 4.19. The quantitative estimate of drug-likeness (QED) is 0.619. The Labute approximate surface area is 113 Å². The van der Waals surface area contributed by atoms with E-state index in [1.165, 1.54) is 7.05 Å². The maximum Gasteiger partial charge on any atom is 0.326 e. The van der Waals surface area contributed by atoms with Crippen LogP contribution in [0.5, 0.6) is 0 Å². The van der Waals surface area contributed by atoms with Gasteiger partial charge in [-0.05, 0) is 12.3 Å². The zero-order valence-corrected chi connectivity index (χ0v) is 11.9. The normalized spacial score (nSPS) is 11.8. The Bertz CT molecular complexity index is 331. The van der Waals surface area contributed by atoms with E-state index in [9.17, 15) is 14.4 Å². The van der Waals surface area contributed by atoms with Gasteiger partial charge in [0.15, 0.2) is 0 Å². The number of carboxylic acid groups (broad SMARTS) is 1. The van der Waals surface area contributed by atoms with Gasteiger partial charge in [-0.15, -0.1) is 0 Å². The molecule has 0 unspecified atom stereocenters. The first-order valence-electron chi connectivity index (χ1n) is 6.29. The molecule has 3 amide bonds. The fourth-order valence-electron chi connectivity index (χ4n) is 1.26. The van der Waals surface area contributed by atoms with Gasteiger partial charge in [-0.2, -0.15) is 0 Å². The highest BCUT2D eigenvalue weighted by Gasteiger charge is 2.20. The van der Waals surface area contributed by atoms with Crippen molar-refractivity contribution in [2.24, 2.45) is 5.92 Å². The number of carbonyl (C=O) groups excluding carboxylic acids is 2. The number of aliphatic carboxylic acids is 1. The van der Waals surface area contributed by atoms with Gasteiger partial charge in [0.1, 0.15) is 12.6 Å². The zero-order valence-electron chi connectivity index (χ0n) is 11.9. The molecule has 0 aromatic heterocycles. The number of carbonyl (C=O) groups is 3. The molecule has 0 bridgehead atoms. The van der Waals surface area contributed by atoms with Crippen LogP contribution in [0.2, 0.25) is 0 Å². The van der Waals surface area contributed by atoms with Crippen LogP contribution in [0, 0.1) is 5.92 Å². The third kappa shape index (κ3) is 7.28. The number of rotatable bonds is 7. The van der Waals surface area contributed by atoms with Gasteiger partial charge in [0, 0.05) is 13.6 Å². The average Bonchev–Trinajstić information content (AvgIpc) is 2.32. The number of carboxylic acids is 1. The first kappa shape index (κ1) is 17.2. The van der Waals surface area contributed by atoms with Crippen LogP contribution in [0.25, 0.3) is 0 Å². The predicted octanol–water partition coefficient (Wildman–Crippen LogP) is 0.263. The molecule has 0 fully saturated rings. The van der Waals surface area contributed by atoms with E-state index in [1.807, 2.05) is 13.8 Å². The van der Waals surface area contributed by atoms with Crippen molar-refractivity contribution in [3.8, 4) is 0 Å². The van der Waals surface area contributed by atoms with E-state index in [-0.39, 0.29) is 18.9 Å². The number of nitrogens with one attached hydrogen (secondary N) is 2. The monoisotopic (exact) mass is 273 g/mol. The van der Waals surface area contributed by atoms with Crippen molar-refractivity contribution in [3.63, 3.8) is 0 Å². The average molecular weight is 273 g/mol. The highest BCUT2D eigenvalue weighted by Crippen LogP contribution is 1.94. The Morgan fingerprint density at radius 2 is 1.84 bits per heavy atom. The molecule has 7 heteroatoms. The largest absolute Gasteiger partial charge is 0.480 e. The number of hydrogen-bond acceptors (Lipinski definition) is 3. The van der Waals surface area contributed by atoms with Gasteiger partial charge in [0.05, 0.1) is 0 Å². The molecule has 0 aromatic carbocycles. The number of amides is 3. The Hall–Kier alpha value is -1.79. The summed E-state index contributed by atoms with van der Waals surface area (Å²) in [6.07, 6.45) is 0.286. The molecule has 110 valence electrons. The molecule has 0 rings (SSSR count). The van der Waals surface area contributed by atoms with Gasteiger partial charge in [0.25, 0.3) is 0 Å². The van der Waals surface area contributed by atoms with Crippen molar-refractivity contribution in [2.45, 2.75) is 33.2 Å². The molecule has 0 spiro atoms. The molecule has 0 heterocycles.